The summed E-state index contributed by atoms with van der Waals surface area (Å²) in [6.45, 7) is 6.94. The highest BCUT2D eigenvalue weighted by atomic mass is 19.4. The number of aliphatic carboxylic acids is 1. The van der Waals surface area contributed by atoms with Gasteiger partial charge in [0.2, 0.25) is 0 Å². The van der Waals surface area contributed by atoms with Crippen molar-refractivity contribution in [3.8, 4) is 6.07 Å². The number of aromatic nitrogens is 3. The monoisotopic (exact) mass is 574 g/mol. The molecule has 1 aliphatic rings. The van der Waals surface area contributed by atoms with E-state index >= 15 is 0 Å². The third kappa shape index (κ3) is 5.41. The van der Waals surface area contributed by atoms with Crippen LogP contribution in [0.15, 0.2) is 41.3 Å². The molecule has 0 saturated carbocycles. The highest BCUT2D eigenvalue weighted by Gasteiger charge is 2.56. The topological polar surface area (TPSA) is 145 Å². The van der Waals surface area contributed by atoms with E-state index in [2.05, 4.69) is 26.8 Å². The van der Waals surface area contributed by atoms with Crippen LogP contribution < -0.4 is 16.2 Å². The molecule has 0 radical (unpaired) electrons. The quantitative estimate of drug-likeness (QED) is 0.295. The first-order valence-electron chi connectivity index (χ1n) is 13.2. The summed E-state index contributed by atoms with van der Waals surface area (Å²) in [5.74, 6) is -0.957. The maximum absolute atomic E-state index is 13.5. The molecule has 13 heteroatoms. The number of carbonyl (C=O) groups is 1. The van der Waals surface area contributed by atoms with Gasteiger partial charge in [-0.3, -0.25) is 9.48 Å². The van der Waals surface area contributed by atoms with Crippen LogP contribution >= 0.6 is 0 Å². The summed E-state index contributed by atoms with van der Waals surface area (Å²) in [5.41, 5.74) is -2.92. The number of nitrogens with zero attached hydrogens (tertiary/aromatic N) is 3. The molecule has 0 amide bonds. The zero-order chi connectivity index (χ0) is 30.2. The van der Waals surface area contributed by atoms with Crippen molar-refractivity contribution in [2.24, 2.45) is 5.41 Å². The van der Waals surface area contributed by atoms with E-state index in [0.717, 1.165) is 0 Å². The third-order valence-corrected chi connectivity index (χ3v) is 7.79. The molecule has 4 N–H and O–H groups in total. The van der Waals surface area contributed by atoms with E-state index in [1.165, 1.54) is 35.1 Å². The average Bonchev–Trinajstić information content (AvgIpc) is 3.27. The number of carboxylic acids is 1. The number of alkyl halides is 3. The summed E-state index contributed by atoms with van der Waals surface area (Å²) in [7, 11) is 0. The number of ether oxygens (including phenoxy) is 1. The molecule has 41 heavy (non-hydrogen) atoms. The minimum Gasteiger partial charge on any atom is -0.479 e. The number of halogens is 3. The molecule has 0 spiro atoms. The second-order valence-electron chi connectivity index (χ2n) is 11.3. The number of nitriles is 1. The van der Waals surface area contributed by atoms with Gasteiger partial charge >= 0.3 is 12.1 Å². The Labute approximate surface area is 234 Å². The van der Waals surface area contributed by atoms with Crippen LogP contribution in [0, 0.1) is 16.7 Å². The SMILES string of the molecule is CCNC(c1ccc(Nc2nn(C3(CC#N)CCC(C(=O)O)(C(C)(C)C)OC3)c3cc[nH]c(=O)c23)cc1)C(F)(F)F. The third-order valence-electron chi connectivity index (χ3n) is 7.79. The summed E-state index contributed by atoms with van der Waals surface area (Å²) < 4.78 is 48.1. The fourth-order valence-corrected chi connectivity index (χ4v) is 5.47. The largest absolute Gasteiger partial charge is 0.479 e. The Morgan fingerprint density at radius 1 is 1.24 bits per heavy atom. The first kappa shape index (κ1) is 30.1. The van der Waals surface area contributed by atoms with Gasteiger partial charge in [0.1, 0.15) is 11.4 Å². The first-order valence-corrected chi connectivity index (χ1v) is 13.2. The van der Waals surface area contributed by atoms with Crippen molar-refractivity contribution < 1.29 is 27.8 Å². The van der Waals surface area contributed by atoms with E-state index in [-0.39, 0.29) is 49.2 Å². The van der Waals surface area contributed by atoms with Crippen LogP contribution in [-0.4, -0.2) is 50.8 Å². The van der Waals surface area contributed by atoms with Crippen LogP contribution in [0.2, 0.25) is 0 Å². The van der Waals surface area contributed by atoms with Crippen LogP contribution in [0.25, 0.3) is 10.9 Å². The smallest absolute Gasteiger partial charge is 0.407 e. The molecular weight excluding hydrogens is 541 g/mol. The summed E-state index contributed by atoms with van der Waals surface area (Å²) in [4.78, 5) is 27.9. The summed E-state index contributed by atoms with van der Waals surface area (Å²) in [6, 6.07) is 7.58. The first-order chi connectivity index (χ1) is 19.2. The van der Waals surface area contributed by atoms with Gasteiger partial charge < -0.3 is 25.5 Å². The summed E-state index contributed by atoms with van der Waals surface area (Å²) >= 11 is 0. The molecule has 0 aliphatic carbocycles. The van der Waals surface area contributed by atoms with Crippen molar-refractivity contribution in [2.75, 3.05) is 18.5 Å². The van der Waals surface area contributed by atoms with Crippen LogP contribution in [0.3, 0.4) is 0 Å². The highest BCUT2D eigenvalue weighted by molar-refractivity contribution is 5.91. The van der Waals surface area contributed by atoms with Gasteiger partial charge in [-0.25, -0.2) is 4.79 Å². The van der Waals surface area contributed by atoms with Crippen molar-refractivity contribution in [3.63, 3.8) is 0 Å². The molecule has 0 bridgehead atoms. The Morgan fingerprint density at radius 3 is 2.44 bits per heavy atom. The second-order valence-corrected chi connectivity index (χ2v) is 11.3. The number of carboxylic acid groups (broad SMARTS) is 1. The van der Waals surface area contributed by atoms with Gasteiger partial charge in [-0.2, -0.15) is 23.5 Å². The molecule has 4 rings (SSSR count). The van der Waals surface area contributed by atoms with E-state index in [0.29, 0.717) is 11.2 Å². The number of nitrogens with one attached hydrogen (secondary N) is 3. The fourth-order valence-electron chi connectivity index (χ4n) is 5.47. The minimum atomic E-state index is -4.48. The van der Waals surface area contributed by atoms with Crippen molar-refractivity contribution in [2.45, 2.75) is 70.3 Å². The molecule has 1 aromatic carbocycles. The Bertz CT molecular complexity index is 1510. The average molecular weight is 575 g/mol. The standard InChI is InChI=1S/C28H33F3N6O4/c1-5-33-21(28(29,30)31)17-6-8-18(9-7-17)35-22-20-19(10-15-34-23(20)38)37(36-22)26(13-14-32)11-12-27(24(39)40,41-16-26)25(2,3)4/h6-10,15,21,33H,5,11-13,16H2,1-4H3,(H,34,38)(H,35,36)(H,39,40). The normalized spacial score (nSPS) is 22.3. The predicted octanol–water partition coefficient (Wildman–Crippen LogP) is 4.97. The highest BCUT2D eigenvalue weighted by Crippen LogP contribution is 2.47. The molecule has 3 aromatic rings. The lowest BCUT2D eigenvalue weighted by Crippen LogP contribution is -2.59. The number of aromatic amines is 1. The Balaban J connectivity index is 1.74. The second kappa shape index (κ2) is 10.8. The fraction of sp³-hybridized carbons (Fsp3) is 0.500. The molecule has 3 unspecified atom stereocenters. The zero-order valence-electron chi connectivity index (χ0n) is 23.2. The molecule has 10 nitrogen and oxygen atoms in total. The van der Waals surface area contributed by atoms with Gasteiger partial charge in [-0.05, 0) is 43.1 Å². The van der Waals surface area contributed by atoms with Gasteiger partial charge in [-0.15, -0.1) is 0 Å². The number of benzene rings is 1. The van der Waals surface area contributed by atoms with Gasteiger partial charge in [0.25, 0.3) is 5.56 Å². The van der Waals surface area contributed by atoms with Crippen LogP contribution in [0.4, 0.5) is 24.7 Å². The lowest BCUT2D eigenvalue weighted by Gasteiger charge is -2.49. The maximum Gasteiger partial charge on any atom is 0.407 e. The van der Waals surface area contributed by atoms with Crippen molar-refractivity contribution >= 4 is 28.4 Å². The van der Waals surface area contributed by atoms with Crippen LogP contribution in [0.5, 0.6) is 0 Å². The molecule has 3 heterocycles. The molecule has 220 valence electrons. The number of fused-ring (bicyclic) bond motifs is 1. The van der Waals surface area contributed by atoms with Gasteiger partial charge in [-0.1, -0.05) is 39.8 Å². The van der Waals surface area contributed by atoms with Crippen LogP contribution in [0.1, 0.15) is 58.6 Å². The molecule has 2 aromatic heterocycles. The number of hydrogen-bond donors (Lipinski definition) is 4. The number of anilines is 2. The Hall–Kier alpha value is -3.89. The van der Waals surface area contributed by atoms with Crippen molar-refractivity contribution in [3.05, 3.63) is 52.4 Å². The molecule has 1 fully saturated rings. The van der Waals surface area contributed by atoms with E-state index in [1.54, 1.807) is 33.8 Å². The van der Waals surface area contributed by atoms with Gasteiger partial charge in [0.15, 0.2) is 11.4 Å². The lowest BCUT2D eigenvalue weighted by atomic mass is 9.69. The zero-order valence-corrected chi connectivity index (χ0v) is 23.2. The van der Waals surface area contributed by atoms with Crippen molar-refractivity contribution in [1.82, 2.24) is 20.1 Å². The number of H-pyrrole nitrogens is 1. The van der Waals surface area contributed by atoms with Crippen molar-refractivity contribution in [1.29, 1.82) is 5.26 Å². The molecular formula is C28H33F3N6O4. The van der Waals surface area contributed by atoms with E-state index in [4.69, 9.17) is 4.74 Å². The number of pyridine rings is 1. The minimum absolute atomic E-state index is 0.0335. The lowest BCUT2D eigenvalue weighted by molar-refractivity contribution is -0.206. The Morgan fingerprint density at radius 2 is 1.93 bits per heavy atom. The summed E-state index contributed by atoms with van der Waals surface area (Å²) in [5, 5.41) is 30.1. The maximum atomic E-state index is 13.5. The molecule has 3 atom stereocenters. The molecule has 1 saturated heterocycles. The van der Waals surface area contributed by atoms with Crippen LogP contribution in [-0.2, 0) is 15.1 Å². The van der Waals surface area contributed by atoms with E-state index in [9.17, 15) is 33.1 Å². The molecule has 1 aliphatic heterocycles. The predicted molar refractivity (Wildman–Crippen MR) is 146 cm³/mol. The van der Waals surface area contributed by atoms with Gasteiger partial charge in [0.05, 0.1) is 30.2 Å². The van der Waals surface area contributed by atoms with E-state index < -0.39 is 40.3 Å². The Kier molecular flexibility index (Phi) is 7.95. The number of hydrogen-bond acceptors (Lipinski definition) is 7. The summed E-state index contributed by atoms with van der Waals surface area (Å²) in [6.07, 6.45) is -2.75. The van der Waals surface area contributed by atoms with E-state index in [1.807, 2.05) is 0 Å². The number of rotatable bonds is 8. The van der Waals surface area contributed by atoms with Gasteiger partial charge in [0, 0.05) is 17.3 Å².